The highest BCUT2D eigenvalue weighted by Crippen LogP contribution is 2.34. The van der Waals surface area contributed by atoms with Gasteiger partial charge in [0.1, 0.15) is 0 Å². The Morgan fingerprint density at radius 3 is 2.20 bits per heavy atom. The van der Waals surface area contributed by atoms with E-state index in [0.29, 0.717) is 23.4 Å². The van der Waals surface area contributed by atoms with E-state index in [1.807, 2.05) is 50.4 Å². The Hall–Kier alpha value is -3.75. The molecule has 5 rings (SSSR count). The molecule has 1 aromatic carbocycles. The summed E-state index contributed by atoms with van der Waals surface area (Å²) >= 11 is 0. The van der Waals surface area contributed by atoms with E-state index in [1.54, 1.807) is 17.4 Å². The molecule has 2 aromatic heterocycles. The second-order valence-corrected chi connectivity index (χ2v) is 7.18. The maximum Gasteiger partial charge on any atom is 0.244 e. The normalized spacial score (nSPS) is 16.1. The summed E-state index contributed by atoms with van der Waals surface area (Å²) in [5.74, 6) is 3.31. The lowest BCUT2D eigenvalue weighted by Crippen LogP contribution is -2.47. The smallest absolute Gasteiger partial charge is 0.244 e. The van der Waals surface area contributed by atoms with Crippen molar-refractivity contribution < 1.29 is 4.74 Å². The second kappa shape index (κ2) is 7.58. The fraction of sp³-hybridized carbons (Fsp3) is 0.286. The van der Waals surface area contributed by atoms with Crippen molar-refractivity contribution in [2.75, 3.05) is 48.0 Å². The van der Waals surface area contributed by atoms with E-state index >= 15 is 0 Å². The number of benzene rings is 1. The third kappa shape index (κ3) is 3.38. The number of ether oxygens (including phenoxy) is 1. The van der Waals surface area contributed by atoms with Crippen LogP contribution in [0.1, 0.15) is 11.3 Å². The average Bonchev–Trinajstić information content (AvgIpc) is 2.81. The lowest BCUT2D eigenvalue weighted by atomic mass is 10.2. The predicted molar refractivity (Wildman–Crippen MR) is 115 cm³/mol. The molecule has 0 bridgehead atoms. The van der Waals surface area contributed by atoms with Crippen molar-refractivity contribution in [3.63, 3.8) is 0 Å². The highest BCUT2D eigenvalue weighted by molar-refractivity contribution is 5.98. The van der Waals surface area contributed by atoms with Gasteiger partial charge in [-0.25, -0.2) is 20.0 Å². The number of aryl methyl sites for hydroxylation is 1. The molecule has 0 unspecified atom stereocenters. The van der Waals surface area contributed by atoms with Gasteiger partial charge in [0.2, 0.25) is 17.8 Å². The number of nitrogens with zero attached hydrogens (tertiary/aromatic N) is 8. The van der Waals surface area contributed by atoms with Gasteiger partial charge in [0.15, 0.2) is 11.6 Å². The third-order valence-electron chi connectivity index (χ3n) is 5.17. The Bertz CT molecular complexity index is 1070. The lowest BCUT2D eigenvalue weighted by molar-refractivity contribution is 0.517. The van der Waals surface area contributed by atoms with Crippen LogP contribution in [0.15, 0.2) is 53.9 Å². The van der Waals surface area contributed by atoms with Crippen molar-refractivity contribution in [1.82, 2.24) is 19.9 Å². The number of rotatable bonds is 3. The summed E-state index contributed by atoms with van der Waals surface area (Å²) in [5, 5.41) is 6.32. The zero-order chi connectivity index (χ0) is 20.5. The number of anilines is 3. The van der Waals surface area contributed by atoms with Crippen LogP contribution in [0, 0.1) is 6.92 Å². The van der Waals surface area contributed by atoms with Crippen LogP contribution in [-0.2, 0) is 0 Å². The SMILES string of the molecule is Cc1nc(N2CCN(c3ncccn3)CC2)nc2c1OC(c1ccccc1)=NN2C. The molecule has 0 N–H and O–H groups in total. The van der Waals surface area contributed by atoms with Gasteiger partial charge >= 0.3 is 0 Å². The first kappa shape index (κ1) is 18.3. The number of aromatic nitrogens is 4. The van der Waals surface area contributed by atoms with E-state index in [0.717, 1.165) is 43.4 Å². The van der Waals surface area contributed by atoms with E-state index in [-0.39, 0.29) is 0 Å². The zero-order valence-electron chi connectivity index (χ0n) is 16.9. The van der Waals surface area contributed by atoms with Crippen molar-refractivity contribution in [2.45, 2.75) is 6.92 Å². The van der Waals surface area contributed by atoms with Gasteiger partial charge in [-0.1, -0.05) is 18.2 Å². The fourth-order valence-corrected chi connectivity index (χ4v) is 3.57. The number of fused-ring (bicyclic) bond motifs is 1. The van der Waals surface area contributed by atoms with E-state index in [4.69, 9.17) is 14.7 Å². The number of hydrogen-bond donors (Lipinski definition) is 0. The zero-order valence-corrected chi connectivity index (χ0v) is 16.9. The Morgan fingerprint density at radius 1 is 0.833 bits per heavy atom. The first-order valence-corrected chi connectivity index (χ1v) is 9.90. The average molecular weight is 402 g/mol. The van der Waals surface area contributed by atoms with Gasteiger partial charge < -0.3 is 14.5 Å². The number of piperazine rings is 1. The van der Waals surface area contributed by atoms with Gasteiger partial charge in [0.25, 0.3) is 0 Å². The molecule has 2 aliphatic rings. The van der Waals surface area contributed by atoms with Crippen LogP contribution in [0.25, 0.3) is 0 Å². The molecule has 2 aliphatic heterocycles. The molecule has 0 saturated carbocycles. The first-order valence-electron chi connectivity index (χ1n) is 9.90. The molecule has 1 saturated heterocycles. The van der Waals surface area contributed by atoms with Crippen molar-refractivity contribution in [1.29, 1.82) is 0 Å². The van der Waals surface area contributed by atoms with Crippen LogP contribution in [-0.4, -0.2) is 59.1 Å². The Morgan fingerprint density at radius 2 is 1.50 bits per heavy atom. The minimum absolute atomic E-state index is 0.543. The summed E-state index contributed by atoms with van der Waals surface area (Å²) in [6, 6.07) is 11.7. The molecule has 9 nitrogen and oxygen atoms in total. The van der Waals surface area contributed by atoms with Crippen molar-refractivity contribution in [3.8, 4) is 5.75 Å². The van der Waals surface area contributed by atoms with Crippen molar-refractivity contribution in [2.24, 2.45) is 5.10 Å². The second-order valence-electron chi connectivity index (χ2n) is 7.18. The van der Waals surface area contributed by atoms with Gasteiger partial charge in [-0.15, -0.1) is 5.10 Å². The maximum absolute atomic E-state index is 6.08. The molecule has 0 radical (unpaired) electrons. The molecule has 152 valence electrons. The third-order valence-corrected chi connectivity index (χ3v) is 5.17. The van der Waals surface area contributed by atoms with Crippen LogP contribution >= 0.6 is 0 Å². The van der Waals surface area contributed by atoms with Crippen molar-refractivity contribution >= 4 is 23.6 Å². The van der Waals surface area contributed by atoms with Crippen molar-refractivity contribution in [3.05, 3.63) is 60.0 Å². The molecule has 0 spiro atoms. The molecular formula is C21H22N8O. The van der Waals surface area contributed by atoms with E-state index in [2.05, 4.69) is 24.9 Å². The molecule has 9 heteroatoms. The molecule has 3 aromatic rings. The van der Waals surface area contributed by atoms with Crippen LogP contribution in [0.2, 0.25) is 0 Å². The summed E-state index contributed by atoms with van der Waals surface area (Å²) in [5.41, 5.74) is 1.71. The Labute approximate surface area is 174 Å². The van der Waals surface area contributed by atoms with E-state index in [1.165, 1.54) is 0 Å². The molecule has 0 amide bonds. The quantitative estimate of drug-likeness (QED) is 0.659. The van der Waals surface area contributed by atoms with Gasteiger partial charge in [-0.05, 0) is 25.1 Å². The molecule has 30 heavy (non-hydrogen) atoms. The standard InChI is InChI=1S/C21H22N8O/c1-15-17-18(27(2)26-19(30-17)16-7-4-3-5-8-16)25-21(24-15)29-13-11-28(12-14-29)20-22-9-6-10-23-20/h3-10H,11-14H2,1-2H3. The van der Waals surface area contributed by atoms with E-state index < -0.39 is 0 Å². The van der Waals surface area contributed by atoms with Crippen LogP contribution < -0.4 is 19.5 Å². The van der Waals surface area contributed by atoms with Crippen LogP contribution in [0.5, 0.6) is 5.75 Å². The van der Waals surface area contributed by atoms with Gasteiger partial charge in [0, 0.05) is 51.2 Å². The highest BCUT2D eigenvalue weighted by Gasteiger charge is 2.27. The Kier molecular flexibility index (Phi) is 4.62. The summed E-state index contributed by atoms with van der Waals surface area (Å²) in [7, 11) is 1.88. The lowest BCUT2D eigenvalue weighted by Gasteiger charge is -2.35. The minimum atomic E-state index is 0.543. The number of hydrazone groups is 1. The minimum Gasteiger partial charge on any atom is -0.431 e. The summed E-state index contributed by atoms with van der Waals surface area (Å²) in [6.07, 6.45) is 3.54. The monoisotopic (exact) mass is 402 g/mol. The summed E-state index contributed by atoms with van der Waals surface area (Å²) in [6.45, 7) is 5.15. The number of hydrogen-bond acceptors (Lipinski definition) is 9. The predicted octanol–water partition coefficient (Wildman–Crippen LogP) is 2.09. The first-order chi connectivity index (χ1) is 14.7. The van der Waals surface area contributed by atoms with Crippen LogP contribution in [0.3, 0.4) is 0 Å². The fourth-order valence-electron chi connectivity index (χ4n) is 3.57. The largest absolute Gasteiger partial charge is 0.431 e. The van der Waals surface area contributed by atoms with Gasteiger partial charge in [0.05, 0.1) is 5.69 Å². The highest BCUT2D eigenvalue weighted by atomic mass is 16.5. The molecule has 1 fully saturated rings. The van der Waals surface area contributed by atoms with Gasteiger partial charge in [-0.2, -0.15) is 4.98 Å². The molecule has 4 heterocycles. The maximum atomic E-state index is 6.08. The molecule has 0 atom stereocenters. The Balaban J connectivity index is 1.36. The topological polar surface area (TPSA) is 82.9 Å². The van der Waals surface area contributed by atoms with Crippen LogP contribution in [0.4, 0.5) is 17.7 Å². The van der Waals surface area contributed by atoms with Gasteiger partial charge in [-0.3, -0.25) is 0 Å². The molecular weight excluding hydrogens is 380 g/mol. The molecule has 0 aliphatic carbocycles. The summed E-state index contributed by atoms with van der Waals surface area (Å²) < 4.78 is 6.08. The summed E-state index contributed by atoms with van der Waals surface area (Å²) in [4.78, 5) is 22.5. The van der Waals surface area contributed by atoms with E-state index in [9.17, 15) is 0 Å².